The normalized spacial score (nSPS) is 16.4. The third-order valence-corrected chi connectivity index (χ3v) is 4.97. The number of hydrogen-bond acceptors (Lipinski definition) is 3. The Morgan fingerprint density at radius 2 is 1.57 bits per heavy atom. The summed E-state index contributed by atoms with van der Waals surface area (Å²) in [6.07, 6.45) is 0.614. The predicted octanol–water partition coefficient (Wildman–Crippen LogP) is 4.55. The van der Waals surface area contributed by atoms with E-state index in [4.69, 9.17) is 10.1 Å². The fourth-order valence-corrected chi connectivity index (χ4v) is 3.56. The van der Waals surface area contributed by atoms with Gasteiger partial charge in [0.25, 0.3) is 5.91 Å². The molecule has 1 aromatic heterocycles. The smallest absolute Gasteiger partial charge is 0.274 e. The molecule has 5 nitrogen and oxygen atoms in total. The van der Waals surface area contributed by atoms with Crippen molar-refractivity contribution in [1.82, 2.24) is 15.0 Å². The molecule has 136 valence electrons. The van der Waals surface area contributed by atoms with Crippen LogP contribution in [0.4, 0.5) is 0 Å². The molecule has 0 saturated carbocycles. The molecular formula is C23H18N4O. The van der Waals surface area contributed by atoms with Crippen LogP contribution < -0.4 is 0 Å². The number of benzene rings is 3. The number of carbonyl (C=O) groups excluding carboxylic acids is 1. The molecule has 0 radical (unpaired) electrons. The van der Waals surface area contributed by atoms with Crippen molar-refractivity contribution in [2.24, 2.45) is 5.10 Å². The van der Waals surface area contributed by atoms with Crippen LogP contribution in [-0.4, -0.2) is 26.6 Å². The molecule has 1 atom stereocenters. The van der Waals surface area contributed by atoms with Crippen LogP contribution in [0.25, 0.3) is 11.0 Å². The van der Waals surface area contributed by atoms with Crippen LogP contribution >= 0.6 is 0 Å². The first-order chi connectivity index (χ1) is 13.8. The molecule has 1 N–H and O–H groups in total. The lowest BCUT2D eigenvalue weighted by molar-refractivity contribution is 0.0705. The molecule has 3 aromatic carbocycles. The van der Waals surface area contributed by atoms with Crippen LogP contribution in [0.3, 0.4) is 0 Å². The summed E-state index contributed by atoms with van der Waals surface area (Å²) in [5.41, 5.74) is 4.36. The number of rotatable bonds is 3. The number of fused-ring (bicyclic) bond motifs is 1. The van der Waals surface area contributed by atoms with Gasteiger partial charge in [-0.05, 0) is 29.8 Å². The molecule has 1 aliphatic rings. The number of hydrazone groups is 1. The minimum atomic E-state index is -0.268. The molecule has 0 saturated heterocycles. The van der Waals surface area contributed by atoms with Crippen LogP contribution in [0.2, 0.25) is 0 Å². The van der Waals surface area contributed by atoms with Crippen LogP contribution in [-0.2, 0) is 0 Å². The van der Waals surface area contributed by atoms with E-state index in [-0.39, 0.29) is 11.9 Å². The Bertz CT molecular complexity index is 1130. The van der Waals surface area contributed by atoms with Gasteiger partial charge in [-0.3, -0.25) is 4.79 Å². The summed E-state index contributed by atoms with van der Waals surface area (Å²) in [6.45, 7) is 0. The first-order valence-electron chi connectivity index (χ1n) is 9.26. The highest BCUT2D eigenvalue weighted by atomic mass is 16.2. The van der Waals surface area contributed by atoms with Crippen molar-refractivity contribution in [2.45, 2.75) is 12.5 Å². The van der Waals surface area contributed by atoms with Gasteiger partial charge in [0.05, 0.1) is 16.7 Å². The molecule has 0 spiro atoms. The van der Waals surface area contributed by atoms with Crippen LogP contribution in [0.5, 0.6) is 0 Å². The lowest BCUT2D eigenvalue weighted by Gasteiger charge is -2.19. The van der Waals surface area contributed by atoms with Crippen LogP contribution in [0, 0.1) is 0 Å². The summed E-state index contributed by atoms with van der Waals surface area (Å²) in [5.74, 6) is 0.622. The summed E-state index contributed by atoms with van der Waals surface area (Å²) < 4.78 is 0. The van der Waals surface area contributed by atoms with Gasteiger partial charge in [-0.2, -0.15) is 5.10 Å². The molecule has 2 heterocycles. The molecule has 4 aromatic rings. The van der Waals surface area contributed by atoms with E-state index >= 15 is 0 Å². The van der Waals surface area contributed by atoms with Crippen molar-refractivity contribution in [1.29, 1.82) is 0 Å². The molecule has 0 fully saturated rings. The Balaban J connectivity index is 1.57. The maximum atomic E-state index is 13.2. The fourth-order valence-electron chi connectivity index (χ4n) is 3.56. The second-order valence-electron chi connectivity index (χ2n) is 6.79. The zero-order chi connectivity index (χ0) is 18.9. The van der Waals surface area contributed by atoms with Gasteiger partial charge in [0.1, 0.15) is 11.9 Å². The number of nitrogens with one attached hydrogen (secondary N) is 1. The van der Waals surface area contributed by atoms with E-state index in [1.165, 1.54) is 0 Å². The van der Waals surface area contributed by atoms with Crippen LogP contribution in [0.1, 0.15) is 34.2 Å². The molecule has 5 rings (SSSR count). The molecule has 28 heavy (non-hydrogen) atoms. The average Bonchev–Trinajstić information content (AvgIpc) is 3.39. The van der Waals surface area contributed by atoms with Gasteiger partial charge < -0.3 is 4.98 Å². The highest BCUT2D eigenvalue weighted by molar-refractivity contribution is 6.05. The quantitative estimate of drug-likeness (QED) is 0.578. The van der Waals surface area contributed by atoms with Crippen molar-refractivity contribution < 1.29 is 4.79 Å². The third kappa shape index (κ3) is 2.87. The minimum absolute atomic E-state index is 0.128. The second kappa shape index (κ2) is 6.78. The van der Waals surface area contributed by atoms with Crippen molar-refractivity contribution in [3.05, 3.63) is 102 Å². The number of amides is 1. The first-order valence-corrected chi connectivity index (χ1v) is 9.26. The molecule has 1 aliphatic heterocycles. The highest BCUT2D eigenvalue weighted by Gasteiger charge is 2.35. The van der Waals surface area contributed by atoms with Crippen molar-refractivity contribution in [3.63, 3.8) is 0 Å². The van der Waals surface area contributed by atoms with Gasteiger partial charge in [-0.25, -0.2) is 9.99 Å². The van der Waals surface area contributed by atoms with Gasteiger partial charge >= 0.3 is 0 Å². The van der Waals surface area contributed by atoms with Crippen LogP contribution in [0.15, 0.2) is 90.0 Å². The number of para-hydroxylation sites is 2. The lowest BCUT2D eigenvalue weighted by Crippen LogP contribution is -2.27. The number of nitrogens with zero attached hydrogens (tertiary/aromatic N) is 3. The zero-order valence-electron chi connectivity index (χ0n) is 15.1. The first kappa shape index (κ1) is 16.4. The van der Waals surface area contributed by atoms with Crippen molar-refractivity contribution in [3.8, 4) is 0 Å². The Morgan fingerprint density at radius 1 is 0.893 bits per heavy atom. The monoisotopic (exact) mass is 366 g/mol. The van der Waals surface area contributed by atoms with Gasteiger partial charge in [0.2, 0.25) is 0 Å². The van der Waals surface area contributed by atoms with E-state index in [1.807, 2.05) is 84.9 Å². The summed E-state index contributed by atoms with van der Waals surface area (Å²) in [4.78, 5) is 21.3. The minimum Gasteiger partial charge on any atom is -0.340 e. The topological polar surface area (TPSA) is 61.4 Å². The van der Waals surface area contributed by atoms with E-state index in [0.717, 1.165) is 28.1 Å². The van der Waals surface area contributed by atoms with Gasteiger partial charge in [0, 0.05) is 12.0 Å². The Hall–Kier alpha value is -3.73. The summed E-state index contributed by atoms with van der Waals surface area (Å²) in [7, 11) is 0. The molecule has 1 amide bonds. The summed E-state index contributed by atoms with van der Waals surface area (Å²) in [6, 6.07) is 26.8. The van der Waals surface area contributed by atoms with E-state index in [9.17, 15) is 4.79 Å². The number of hydrogen-bond donors (Lipinski definition) is 1. The van der Waals surface area contributed by atoms with E-state index in [2.05, 4.69) is 4.98 Å². The number of imidazole rings is 1. The van der Waals surface area contributed by atoms with E-state index in [0.29, 0.717) is 12.0 Å². The number of aromatic amines is 1. The number of aromatic nitrogens is 2. The SMILES string of the molecule is O=C(c1ccccc1)N1N=C(c2ccccc2)C[C@@H]1c1nc2ccccc2[nH]1. The van der Waals surface area contributed by atoms with E-state index < -0.39 is 0 Å². The summed E-state index contributed by atoms with van der Waals surface area (Å²) >= 11 is 0. The lowest BCUT2D eigenvalue weighted by atomic mass is 10.0. The molecule has 0 unspecified atom stereocenters. The summed E-state index contributed by atoms with van der Waals surface area (Å²) in [5, 5.41) is 6.27. The largest absolute Gasteiger partial charge is 0.340 e. The predicted molar refractivity (Wildman–Crippen MR) is 109 cm³/mol. The average molecular weight is 366 g/mol. The third-order valence-electron chi connectivity index (χ3n) is 4.97. The molecule has 0 bridgehead atoms. The van der Waals surface area contributed by atoms with Gasteiger partial charge in [-0.15, -0.1) is 0 Å². The van der Waals surface area contributed by atoms with E-state index in [1.54, 1.807) is 5.01 Å². The molecular weight excluding hydrogens is 348 g/mol. The maximum Gasteiger partial charge on any atom is 0.274 e. The van der Waals surface area contributed by atoms with Gasteiger partial charge in [-0.1, -0.05) is 60.7 Å². The van der Waals surface area contributed by atoms with Crippen molar-refractivity contribution in [2.75, 3.05) is 0 Å². The maximum absolute atomic E-state index is 13.2. The number of carbonyl (C=O) groups is 1. The highest BCUT2D eigenvalue weighted by Crippen LogP contribution is 2.33. The van der Waals surface area contributed by atoms with Gasteiger partial charge in [0.15, 0.2) is 0 Å². The standard InChI is InChI=1S/C23H18N4O/c28-23(17-11-5-2-6-12-17)27-21(15-20(26-27)16-9-3-1-4-10-16)22-24-18-13-7-8-14-19(18)25-22/h1-14,21H,15H2,(H,24,25)/t21-/m1/s1. The zero-order valence-corrected chi connectivity index (χ0v) is 15.1. The Morgan fingerprint density at radius 3 is 2.32 bits per heavy atom. The Labute approximate surface area is 162 Å². The molecule has 0 aliphatic carbocycles. The fraction of sp³-hybridized carbons (Fsp3) is 0.0870. The second-order valence-corrected chi connectivity index (χ2v) is 6.79. The van der Waals surface area contributed by atoms with Crippen molar-refractivity contribution >= 4 is 22.7 Å². The number of H-pyrrole nitrogens is 1. The Kier molecular flexibility index (Phi) is 3.98. The molecule has 5 heteroatoms.